The topological polar surface area (TPSA) is 98.5 Å². The van der Waals surface area contributed by atoms with E-state index in [4.69, 9.17) is 5.14 Å². The third kappa shape index (κ3) is 5.76. The Bertz CT molecular complexity index is 848. The molecule has 25 heavy (non-hydrogen) atoms. The van der Waals surface area contributed by atoms with Crippen LogP contribution in [-0.4, -0.2) is 20.7 Å². The molecule has 0 heterocycles. The molecular formula is C15H13F3N2O4S. The second kappa shape index (κ2) is 7.11. The van der Waals surface area contributed by atoms with Crippen LogP contribution in [-0.2, 0) is 16.6 Å². The first-order valence-corrected chi connectivity index (χ1v) is 8.35. The van der Waals surface area contributed by atoms with Crippen molar-refractivity contribution in [2.75, 3.05) is 0 Å². The molecular weight excluding hydrogens is 361 g/mol. The Morgan fingerprint density at radius 3 is 2.08 bits per heavy atom. The third-order valence-corrected chi connectivity index (χ3v) is 3.98. The van der Waals surface area contributed by atoms with Crippen LogP contribution in [0.15, 0.2) is 53.4 Å². The van der Waals surface area contributed by atoms with Crippen molar-refractivity contribution in [2.45, 2.75) is 17.8 Å². The molecule has 10 heteroatoms. The number of nitrogens with two attached hydrogens (primary N) is 1. The van der Waals surface area contributed by atoms with Crippen molar-refractivity contribution >= 4 is 15.9 Å². The molecule has 0 radical (unpaired) electrons. The highest BCUT2D eigenvalue weighted by Gasteiger charge is 2.31. The van der Waals surface area contributed by atoms with E-state index in [1.165, 1.54) is 36.4 Å². The van der Waals surface area contributed by atoms with Crippen molar-refractivity contribution in [3.8, 4) is 5.75 Å². The standard InChI is InChI=1S/C15H13F3N2O4S/c16-15(17,18)24-12-5-3-11(4-6-12)14(21)20-9-10-1-7-13(8-2-10)25(19,22)23/h1-8H,9H2,(H,20,21)(H2,19,22,23). The maximum absolute atomic E-state index is 12.1. The lowest BCUT2D eigenvalue weighted by atomic mass is 10.2. The van der Waals surface area contributed by atoms with Gasteiger partial charge in [-0.3, -0.25) is 4.79 Å². The monoisotopic (exact) mass is 374 g/mol. The minimum Gasteiger partial charge on any atom is -0.406 e. The molecule has 0 aromatic heterocycles. The number of hydrogen-bond acceptors (Lipinski definition) is 4. The number of nitrogens with one attached hydrogen (secondary N) is 1. The van der Waals surface area contributed by atoms with Gasteiger partial charge < -0.3 is 10.1 Å². The Labute approximate surface area is 141 Å². The average molecular weight is 374 g/mol. The maximum Gasteiger partial charge on any atom is 0.573 e. The van der Waals surface area contributed by atoms with Gasteiger partial charge in [0.15, 0.2) is 0 Å². The largest absolute Gasteiger partial charge is 0.573 e. The number of amides is 1. The Balaban J connectivity index is 1.96. The summed E-state index contributed by atoms with van der Waals surface area (Å²) in [4.78, 5) is 11.9. The summed E-state index contributed by atoms with van der Waals surface area (Å²) in [5.74, 6) is -0.934. The zero-order valence-electron chi connectivity index (χ0n) is 12.6. The van der Waals surface area contributed by atoms with E-state index in [2.05, 4.69) is 10.1 Å². The van der Waals surface area contributed by atoms with Crippen LogP contribution in [0.2, 0.25) is 0 Å². The highest BCUT2D eigenvalue weighted by atomic mass is 32.2. The van der Waals surface area contributed by atoms with Gasteiger partial charge >= 0.3 is 6.36 Å². The lowest BCUT2D eigenvalue weighted by Crippen LogP contribution is -2.23. The van der Waals surface area contributed by atoms with E-state index in [1.807, 2.05) is 0 Å². The minimum atomic E-state index is -4.80. The third-order valence-electron chi connectivity index (χ3n) is 3.06. The molecule has 0 spiro atoms. The number of primary sulfonamides is 1. The van der Waals surface area contributed by atoms with E-state index >= 15 is 0 Å². The number of carbonyl (C=O) groups excluding carboxylic acids is 1. The van der Waals surface area contributed by atoms with Crippen LogP contribution in [0.4, 0.5) is 13.2 Å². The summed E-state index contributed by atoms with van der Waals surface area (Å²) >= 11 is 0. The predicted molar refractivity (Wildman–Crippen MR) is 82.1 cm³/mol. The summed E-state index contributed by atoms with van der Waals surface area (Å²) in [6.07, 6.45) is -4.80. The minimum absolute atomic E-state index is 0.0529. The number of rotatable bonds is 5. The summed E-state index contributed by atoms with van der Waals surface area (Å²) in [6.45, 7) is 0.102. The molecule has 2 rings (SSSR count). The van der Waals surface area contributed by atoms with Crippen LogP contribution in [0.3, 0.4) is 0 Å². The molecule has 6 nitrogen and oxygen atoms in total. The maximum atomic E-state index is 12.1. The lowest BCUT2D eigenvalue weighted by molar-refractivity contribution is -0.274. The van der Waals surface area contributed by atoms with Gasteiger partial charge in [-0.15, -0.1) is 13.2 Å². The molecule has 0 saturated heterocycles. The zero-order chi connectivity index (χ0) is 18.7. The van der Waals surface area contributed by atoms with Gasteiger partial charge in [-0.05, 0) is 42.0 Å². The molecule has 2 aromatic carbocycles. The molecule has 3 N–H and O–H groups in total. The van der Waals surface area contributed by atoms with Crippen molar-refractivity contribution in [3.05, 3.63) is 59.7 Å². The van der Waals surface area contributed by atoms with Crippen molar-refractivity contribution in [2.24, 2.45) is 5.14 Å². The molecule has 0 atom stereocenters. The Morgan fingerprint density at radius 2 is 1.60 bits per heavy atom. The van der Waals surface area contributed by atoms with Crippen molar-refractivity contribution in [1.29, 1.82) is 0 Å². The average Bonchev–Trinajstić information content (AvgIpc) is 2.51. The molecule has 0 aliphatic rings. The summed E-state index contributed by atoms with van der Waals surface area (Å²) in [6, 6.07) is 10.0. The van der Waals surface area contributed by atoms with Gasteiger partial charge in [-0.25, -0.2) is 13.6 Å². The van der Waals surface area contributed by atoms with Crippen LogP contribution in [0, 0.1) is 0 Å². The van der Waals surface area contributed by atoms with E-state index in [1.54, 1.807) is 0 Å². The number of halogens is 3. The van der Waals surface area contributed by atoms with Gasteiger partial charge in [0.05, 0.1) is 4.90 Å². The van der Waals surface area contributed by atoms with Crippen LogP contribution >= 0.6 is 0 Å². The summed E-state index contributed by atoms with van der Waals surface area (Å²) in [7, 11) is -3.79. The summed E-state index contributed by atoms with van der Waals surface area (Å²) in [5, 5.41) is 7.54. The molecule has 1 amide bonds. The number of alkyl halides is 3. The Hall–Kier alpha value is -2.59. The second-order valence-electron chi connectivity index (χ2n) is 4.94. The molecule has 0 bridgehead atoms. The SMILES string of the molecule is NS(=O)(=O)c1ccc(CNC(=O)c2ccc(OC(F)(F)F)cc2)cc1. The molecule has 0 saturated carbocycles. The first kappa shape index (κ1) is 18.7. The van der Waals surface area contributed by atoms with Crippen molar-refractivity contribution in [3.63, 3.8) is 0 Å². The highest BCUT2D eigenvalue weighted by molar-refractivity contribution is 7.89. The number of hydrogen-bond donors (Lipinski definition) is 2. The lowest BCUT2D eigenvalue weighted by Gasteiger charge is -2.09. The molecule has 0 aliphatic carbocycles. The number of ether oxygens (including phenoxy) is 1. The number of sulfonamides is 1. The molecule has 134 valence electrons. The summed E-state index contributed by atoms with van der Waals surface area (Å²) in [5.41, 5.74) is 0.772. The zero-order valence-corrected chi connectivity index (χ0v) is 13.4. The van der Waals surface area contributed by atoms with Crippen molar-refractivity contribution in [1.82, 2.24) is 5.32 Å². The quantitative estimate of drug-likeness (QED) is 0.838. The van der Waals surface area contributed by atoms with E-state index in [0.717, 1.165) is 12.1 Å². The van der Waals surface area contributed by atoms with E-state index in [0.29, 0.717) is 5.56 Å². The predicted octanol–water partition coefficient (Wildman–Crippen LogP) is 2.16. The van der Waals surface area contributed by atoms with Gasteiger partial charge in [0.1, 0.15) is 5.75 Å². The number of carbonyl (C=O) groups is 1. The van der Waals surface area contributed by atoms with E-state index < -0.39 is 28.0 Å². The molecule has 2 aromatic rings. The highest BCUT2D eigenvalue weighted by Crippen LogP contribution is 2.22. The first-order chi connectivity index (χ1) is 11.5. The van der Waals surface area contributed by atoms with Gasteiger partial charge in [-0.2, -0.15) is 0 Å². The molecule has 0 fully saturated rings. The normalized spacial score (nSPS) is 11.8. The van der Waals surface area contributed by atoms with E-state index in [-0.39, 0.29) is 17.0 Å². The summed E-state index contributed by atoms with van der Waals surface area (Å²) < 4.78 is 62.2. The van der Waals surface area contributed by atoms with Crippen LogP contribution in [0.25, 0.3) is 0 Å². The van der Waals surface area contributed by atoms with Crippen molar-refractivity contribution < 1.29 is 31.1 Å². The van der Waals surface area contributed by atoms with Crippen LogP contribution in [0.1, 0.15) is 15.9 Å². The number of benzene rings is 2. The first-order valence-electron chi connectivity index (χ1n) is 6.80. The second-order valence-corrected chi connectivity index (χ2v) is 6.51. The fourth-order valence-corrected chi connectivity index (χ4v) is 2.40. The Morgan fingerprint density at radius 1 is 1.04 bits per heavy atom. The molecule has 0 aliphatic heterocycles. The van der Waals surface area contributed by atoms with Crippen LogP contribution < -0.4 is 15.2 Å². The van der Waals surface area contributed by atoms with Crippen LogP contribution in [0.5, 0.6) is 5.75 Å². The fraction of sp³-hybridized carbons (Fsp3) is 0.133. The Kier molecular flexibility index (Phi) is 5.33. The molecule has 0 unspecified atom stereocenters. The van der Waals surface area contributed by atoms with E-state index in [9.17, 15) is 26.4 Å². The van der Waals surface area contributed by atoms with Gasteiger partial charge in [-0.1, -0.05) is 12.1 Å². The van der Waals surface area contributed by atoms with Gasteiger partial charge in [0.2, 0.25) is 10.0 Å². The fourth-order valence-electron chi connectivity index (χ4n) is 1.89. The smallest absolute Gasteiger partial charge is 0.406 e. The van der Waals surface area contributed by atoms with Gasteiger partial charge in [0.25, 0.3) is 5.91 Å². The van der Waals surface area contributed by atoms with Gasteiger partial charge in [0, 0.05) is 12.1 Å².